The van der Waals surface area contributed by atoms with Crippen LogP contribution in [0.15, 0.2) is 42.7 Å². The molecule has 22 heavy (non-hydrogen) atoms. The Labute approximate surface area is 127 Å². The summed E-state index contributed by atoms with van der Waals surface area (Å²) in [7, 11) is 0. The Morgan fingerprint density at radius 2 is 2.14 bits per heavy atom. The van der Waals surface area contributed by atoms with Gasteiger partial charge in [-0.25, -0.2) is 0 Å². The lowest BCUT2D eigenvalue weighted by Crippen LogP contribution is -2.23. The smallest absolute Gasteiger partial charge is 0.231 e. The van der Waals surface area contributed by atoms with Gasteiger partial charge >= 0.3 is 0 Å². The molecule has 0 aliphatic carbocycles. The van der Waals surface area contributed by atoms with Crippen LogP contribution in [0.25, 0.3) is 5.70 Å². The quantitative estimate of drug-likeness (QED) is 0.679. The zero-order chi connectivity index (χ0) is 14.9. The first-order valence-corrected chi connectivity index (χ1v) is 7.14. The number of aromatic nitrogens is 1. The van der Waals surface area contributed by atoms with E-state index in [1.54, 1.807) is 30.6 Å². The summed E-state index contributed by atoms with van der Waals surface area (Å²) in [5.41, 5.74) is 3.54. The monoisotopic (exact) mass is 294 g/mol. The lowest BCUT2D eigenvalue weighted by atomic mass is 9.96. The summed E-state index contributed by atoms with van der Waals surface area (Å²) in [5.74, 6) is 1.43. The minimum absolute atomic E-state index is 0.0684. The van der Waals surface area contributed by atoms with Gasteiger partial charge in [-0.05, 0) is 36.2 Å². The molecule has 0 unspecified atom stereocenters. The molecule has 0 bridgehead atoms. The average molecular weight is 294 g/mol. The van der Waals surface area contributed by atoms with Crippen molar-refractivity contribution in [2.75, 3.05) is 13.3 Å². The van der Waals surface area contributed by atoms with Crippen molar-refractivity contribution in [3.63, 3.8) is 0 Å². The predicted molar refractivity (Wildman–Crippen MR) is 80.8 cm³/mol. The van der Waals surface area contributed by atoms with Crippen LogP contribution >= 0.6 is 0 Å². The number of nitrogens with one attached hydrogen (secondary N) is 1. The molecule has 2 aliphatic heterocycles. The molecular formula is C17H14N2O3. The van der Waals surface area contributed by atoms with E-state index in [9.17, 15) is 4.79 Å². The second-order valence-corrected chi connectivity index (χ2v) is 5.20. The molecule has 0 saturated carbocycles. The fourth-order valence-electron chi connectivity index (χ4n) is 2.72. The summed E-state index contributed by atoms with van der Waals surface area (Å²) < 4.78 is 10.8. The summed E-state index contributed by atoms with van der Waals surface area (Å²) in [6, 6.07) is 7.45. The van der Waals surface area contributed by atoms with Gasteiger partial charge in [0.05, 0.1) is 0 Å². The molecule has 2 aromatic rings. The topological polar surface area (TPSA) is 60.5 Å². The molecule has 3 heterocycles. The zero-order valence-electron chi connectivity index (χ0n) is 11.8. The Kier molecular flexibility index (Phi) is 3.04. The van der Waals surface area contributed by atoms with Crippen LogP contribution < -0.4 is 14.8 Å². The number of fused-ring (bicyclic) bond motifs is 2. The number of hydrogen-bond acceptors (Lipinski definition) is 5. The summed E-state index contributed by atoms with van der Waals surface area (Å²) in [4.78, 5) is 16.3. The van der Waals surface area contributed by atoms with E-state index in [0.717, 1.165) is 41.3 Å². The Balaban J connectivity index is 1.73. The fraction of sp³-hybridized carbons (Fsp3) is 0.176. The molecule has 110 valence electrons. The normalized spacial score (nSPS) is 17.0. The number of benzene rings is 1. The zero-order valence-corrected chi connectivity index (χ0v) is 11.8. The highest BCUT2D eigenvalue weighted by Crippen LogP contribution is 2.38. The van der Waals surface area contributed by atoms with E-state index in [1.807, 2.05) is 12.1 Å². The lowest BCUT2D eigenvalue weighted by Gasteiger charge is -2.21. The molecule has 4 rings (SSSR count). The van der Waals surface area contributed by atoms with Gasteiger partial charge in [0, 0.05) is 41.8 Å². The van der Waals surface area contributed by atoms with Gasteiger partial charge in [0.2, 0.25) is 6.79 Å². The molecule has 0 amide bonds. The Bertz CT molecular complexity index is 769. The number of carbonyl (C=O) groups excluding carboxylic acids is 1. The van der Waals surface area contributed by atoms with E-state index >= 15 is 0 Å². The first-order chi connectivity index (χ1) is 10.8. The molecule has 0 radical (unpaired) electrons. The summed E-state index contributed by atoms with van der Waals surface area (Å²) in [6.45, 7) is 1.04. The van der Waals surface area contributed by atoms with Crippen LogP contribution in [-0.4, -0.2) is 24.1 Å². The number of nitrogens with zero attached hydrogens (tertiary/aromatic N) is 1. The standard InChI is InChI=1S/C17H14N2O3/c20-15(12-2-1-4-18-9-12)8-14-13-7-17-16(21-10-22-17)6-11(13)3-5-19-14/h1-2,4,6-9,19H,3,5,10H2. The van der Waals surface area contributed by atoms with Crippen LogP contribution in [0.1, 0.15) is 21.5 Å². The number of carbonyl (C=O) groups is 1. The Hall–Kier alpha value is -2.82. The maximum atomic E-state index is 12.3. The molecule has 5 nitrogen and oxygen atoms in total. The van der Waals surface area contributed by atoms with Crippen molar-refractivity contribution in [1.29, 1.82) is 0 Å². The molecule has 0 fully saturated rings. The predicted octanol–water partition coefficient (Wildman–Crippen LogP) is 2.18. The summed E-state index contributed by atoms with van der Waals surface area (Å²) in [6.07, 6.45) is 5.74. The molecule has 1 aromatic carbocycles. The highest BCUT2D eigenvalue weighted by molar-refractivity contribution is 6.08. The molecule has 0 saturated heterocycles. The third-order valence-corrected chi connectivity index (χ3v) is 3.82. The van der Waals surface area contributed by atoms with Crippen LogP contribution in [0.5, 0.6) is 11.5 Å². The van der Waals surface area contributed by atoms with Crippen molar-refractivity contribution >= 4 is 11.5 Å². The lowest BCUT2D eigenvalue weighted by molar-refractivity contribution is 0.104. The van der Waals surface area contributed by atoms with Gasteiger partial charge in [-0.15, -0.1) is 0 Å². The van der Waals surface area contributed by atoms with Gasteiger partial charge in [-0.1, -0.05) is 0 Å². The van der Waals surface area contributed by atoms with Gasteiger partial charge in [0.15, 0.2) is 17.3 Å². The first kappa shape index (κ1) is 12.9. The van der Waals surface area contributed by atoms with E-state index < -0.39 is 0 Å². The minimum atomic E-state index is -0.0684. The molecule has 1 N–H and O–H groups in total. The van der Waals surface area contributed by atoms with E-state index in [4.69, 9.17) is 9.47 Å². The van der Waals surface area contributed by atoms with Crippen molar-refractivity contribution in [2.24, 2.45) is 0 Å². The minimum Gasteiger partial charge on any atom is -0.454 e. The van der Waals surface area contributed by atoms with Crippen molar-refractivity contribution in [1.82, 2.24) is 10.3 Å². The number of pyridine rings is 1. The van der Waals surface area contributed by atoms with Crippen LogP contribution in [0.4, 0.5) is 0 Å². The molecule has 0 atom stereocenters. The van der Waals surface area contributed by atoms with Crippen LogP contribution in [-0.2, 0) is 6.42 Å². The molecule has 2 aliphatic rings. The average Bonchev–Trinajstić information content (AvgIpc) is 3.01. The third-order valence-electron chi connectivity index (χ3n) is 3.82. The van der Waals surface area contributed by atoms with E-state index in [-0.39, 0.29) is 12.6 Å². The van der Waals surface area contributed by atoms with Gasteiger partial charge in [0.25, 0.3) is 0 Å². The number of allylic oxidation sites excluding steroid dienone is 1. The van der Waals surface area contributed by atoms with E-state index in [0.29, 0.717) is 5.56 Å². The second-order valence-electron chi connectivity index (χ2n) is 5.20. The Morgan fingerprint density at radius 3 is 2.95 bits per heavy atom. The van der Waals surface area contributed by atoms with Crippen LogP contribution in [0.2, 0.25) is 0 Å². The molecule has 5 heteroatoms. The fourth-order valence-corrected chi connectivity index (χ4v) is 2.72. The van der Waals surface area contributed by atoms with Crippen LogP contribution in [0, 0.1) is 0 Å². The molecular weight excluding hydrogens is 280 g/mol. The maximum absolute atomic E-state index is 12.3. The van der Waals surface area contributed by atoms with E-state index in [1.165, 1.54) is 0 Å². The van der Waals surface area contributed by atoms with Gasteiger partial charge < -0.3 is 14.8 Å². The van der Waals surface area contributed by atoms with Gasteiger partial charge in [-0.3, -0.25) is 9.78 Å². The number of ether oxygens (including phenoxy) is 2. The highest BCUT2D eigenvalue weighted by Gasteiger charge is 2.22. The number of ketones is 1. The largest absolute Gasteiger partial charge is 0.454 e. The maximum Gasteiger partial charge on any atom is 0.231 e. The summed E-state index contributed by atoms with van der Waals surface area (Å²) in [5, 5.41) is 3.29. The molecule has 0 spiro atoms. The van der Waals surface area contributed by atoms with Crippen molar-refractivity contribution < 1.29 is 14.3 Å². The molecule has 1 aromatic heterocycles. The van der Waals surface area contributed by atoms with Crippen molar-refractivity contribution in [3.05, 3.63) is 59.4 Å². The third kappa shape index (κ3) is 2.20. The summed E-state index contributed by atoms with van der Waals surface area (Å²) >= 11 is 0. The highest BCUT2D eigenvalue weighted by atomic mass is 16.7. The first-order valence-electron chi connectivity index (χ1n) is 7.14. The van der Waals surface area contributed by atoms with Gasteiger partial charge in [-0.2, -0.15) is 0 Å². The SMILES string of the molecule is O=C(C=C1NCCc2cc3c(cc21)OCO3)c1cccnc1. The number of hydrogen-bond donors (Lipinski definition) is 1. The second kappa shape index (κ2) is 5.18. The van der Waals surface area contributed by atoms with E-state index in [2.05, 4.69) is 10.3 Å². The number of rotatable bonds is 2. The van der Waals surface area contributed by atoms with Crippen molar-refractivity contribution in [2.45, 2.75) is 6.42 Å². The van der Waals surface area contributed by atoms with Crippen molar-refractivity contribution in [3.8, 4) is 11.5 Å². The van der Waals surface area contributed by atoms with Crippen LogP contribution in [0.3, 0.4) is 0 Å². The Morgan fingerprint density at radius 1 is 1.27 bits per heavy atom. The van der Waals surface area contributed by atoms with Gasteiger partial charge in [0.1, 0.15) is 0 Å².